The minimum atomic E-state index is -1.16. The molecule has 0 heterocycles. The molecule has 0 aliphatic heterocycles. The van der Waals surface area contributed by atoms with Gasteiger partial charge in [-0.3, -0.25) is 9.59 Å². The number of carbonyl (C=O) groups excluding carboxylic acids is 1. The number of nitrogens with one attached hydrogen (secondary N) is 1. The molecule has 0 saturated carbocycles. The number of carboxylic acids is 1. The Balaban J connectivity index is 3.40. The third-order valence-corrected chi connectivity index (χ3v) is 0.686. The summed E-state index contributed by atoms with van der Waals surface area (Å²) in [4.78, 5) is 19.7. The molecule has 5 heteroatoms. The monoisotopic (exact) mass is 135 g/mol. The van der Waals surface area contributed by atoms with Crippen molar-refractivity contribution in [2.45, 2.75) is 6.42 Å². The zero-order valence-corrected chi connectivity index (χ0v) is 4.81. The second-order valence-corrected chi connectivity index (χ2v) is 1.33. The van der Waals surface area contributed by atoms with Crippen molar-refractivity contribution < 1.29 is 14.7 Å². The summed E-state index contributed by atoms with van der Waals surface area (Å²) in [5, 5.41) is 7.92. The van der Waals surface area contributed by atoms with Gasteiger partial charge in [0.1, 0.15) is 6.42 Å². The molecule has 8 heavy (non-hydrogen) atoms. The molecule has 46 valence electrons. The van der Waals surface area contributed by atoms with Crippen molar-refractivity contribution in [2.75, 3.05) is 0 Å². The smallest absolute Gasteiger partial charge is 0.312 e. The molecule has 0 atom stereocenters. The van der Waals surface area contributed by atoms with Crippen molar-refractivity contribution in [2.24, 2.45) is 0 Å². The number of carbonyl (C=O) groups is 2. The molecule has 0 aromatic carbocycles. The molecule has 0 aromatic heterocycles. The van der Waals surface area contributed by atoms with Crippen LogP contribution in [0.25, 0.3) is 0 Å². The van der Waals surface area contributed by atoms with Gasteiger partial charge in [0.25, 0.3) is 0 Å². The van der Waals surface area contributed by atoms with E-state index >= 15 is 0 Å². The second-order valence-electron chi connectivity index (χ2n) is 1.11. The minimum absolute atomic E-state index is 0.524. The van der Waals surface area contributed by atoms with Gasteiger partial charge in [-0.2, -0.15) is 0 Å². The van der Waals surface area contributed by atoms with E-state index in [-0.39, 0.29) is 0 Å². The lowest BCUT2D eigenvalue weighted by molar-refractivity contribution is -0.140. The maximum absolute atomic E-state index is 10.1. The van der Waals surface area contributed by atoms with Gasteiger partial charge < -0.3 is 9.83 Å². The van der Waals surface area contributed by atoms with Crippen molar-refractivity contribution in [3.8, 4) is 0 Å². The Labute approximate surface area is 51.4 Å². The van der Waals surface area contributed by atoms with Crippen LogP contribution in [0.5, 0.6) is 0 Å². The van der Waals surface area contributed by atoms with Crippen LogP contribution in [-0.2, 0) is 9.59 Å². The molecular formula is C3H5NO3S. The van der Waals surface area contributed by atoms with E-state index in [1.165, 1.54) is 0 Å². The Hall–Kier alpha value is -0.710. The number of amides is 1. The van der Waals surface area contributed by atoms with E-state index in [2.05, 4.69) is 12.8 Å². The molecule has 0 fully saturated rings. The fourth-order valence-electron chi connectivity index (χ4n) is 0.177. The van der Waals surface area contributed by atoms with E-state index in [1.807, 2.05) is 4.72 Å². The molecule has 4 nitrogen and oxygen atoms in total. The number of thiol groups is 1. The normalized spacial score (nSPS) is 8.12. The Morgan fingerprint density at radius 1 is 1.62 bits per heavy atom. The molecule has 0 aliphatic carbocycles. The number of carboxylic acid groups (broad SMARTS) is 1. The standard InChI is InChI=1S/C3H5NO3S/c5-2(4-8)1-3(6)7/h8H,1H2,(H,4,5)(H,6,7). The third kappa shape index (κ3) is 3.48. The van der Waals surface area contributed by atoms with E-state index in [1.54, 1.807) is 0 Å². The highest BCUT2D eigenvalue weighted by Crippen LogP contribution is 1.78. The van der Waals surface area contributed by atoms with Crippen molar-refractivity contribution in [1.29, 1.82) is 0 Å². The summed E-state index contributed by atoms with van der Waals surface area (Å²) in [7, 11) is 0. The number of rotatable bonds is 2. The predicted octanol–water partition coefficient (Wildman–Crippen LogP) is -0.578. The zero-order valence-electron chi connectivity index (χ0n) is 3.92. The maximum Gasteiger partial charge on any atom is 0.312 e. The zero-order chi connectivity index (χ0) is 6.57. The largest absolute Gasteiger partial charge is 0.481 e. The first-order valence-corrected chi connectivity index (χ1v) is 2.26. The fourth-order valence-corrected chi connectivity index (χ4v) is 0.256. The molecule has 0 radical (unpaired) electrons. The lowest BCUT2D eigenvalue weighted by Gasteiger charge is -1.89. The molecule has 0 rings (SSSR count). The molecule has 0 unspecified atom stereocenters. The molecule has 0 aliphatic rings. The van der Waals surface area contributed by atoms with E-state index in [0.717, 1.165) is 0 Å². The first-order chi connectivity index (χ1) is 3.66. The molecule has 0 saturated heterocycles. The topological polar surface area (TPSA) is 66.4 Å². The van der Waals surface area contributed by atoms with Gasteiger partial charge >= 0.3 is 5.97 Å². The summed E-state index contributed by atoms with van der Waals surface area (Å²) in [5.41, 5.74) is 0. The van der Waals surface area contributed by atoms with Crippen molar-refractivity contribution in [3.63, 3.8) is 0 Å². The highest BCUT2D eigenvalue weighted by molar-refractivity contribution is 7.78. The Morgan fingerprint density at radius 3 is 2.25 bits per heavy atom. The van der Waals surface area contributed by atoms with Gasteiger partial charge in [0.05, 0.1) is 0 Å². The predicted molar refractivity (Wildman–Crippen MR) is 29.4 cm³/mol. The Bertz CT molecular complexity index is 113. The Kier molecular flexibility index (Phi) is 3.02. The highest BCUT2D eigenvalue weighted by Gasteiger charge is 2.02. The summed E-state index contributed by atoms with van der Waals surface area (Å²) in [5.74, 6) is -1.77. The molecular weight excluding hydrogens is 130 g/mol. The van der Waals surface area contributed by atoms with Crippen LogP contribution in [-0.4, -0.2) is 17.0 Å². The third-order valence-electron chi connectivity index (χ3n) is 0.436. The van der Waals surface area contributed by atoms with Crippen LogP contribution < -0.4 is 4.72 Å². The van der Waals surface area contributed by atoms with E-state index in [9.17, 15) is 9.59 Å². The van der Waals surface area contributed by atoms with Crippen LogP contribution in [0, 0.1) is 0 Å². The lowest BCUT2D eigenvalue weighted by Crippen LogP contribution is -2.16. The average Bonchev–Trinajstić information content (AvgIpc) is 1.65. The van der Waals surface area contributed by atoms with Crippen molar-refractivity contribution >= 4 is 24.7 Å². The van der Waals surface area contributed by atoms with Crippen LogP contribution in [0.4, 0.5) is 0 Å². The van der Waals surface area contributed by atoms with Gasteiger partial charge in [-0.1, -0.05) is 12.8 Å². The van der Waals surface area contributed by atoms with E-state index < -0.39 is 18.3 Å². The average molecular weight is 135 g/mol. The summed E-state index contributed by atoms with van der Waals surface area (Å²) < 4.78 is 1.87. The number of hydrogen-bond acceptors (Lipinski definition) is 3. The van der Waals surface area contributed by atoms with Gasteiger partial charge in [0, 0.05) is 0 Å². The van der Waals surface area contributed by atoms with Crippen LogP contribution >= 0.6 is 12.8 Å². The fraction of sp³-hybridized carbons (Fsp3) is 0.333. The summed E-state index contributed by atoms with van der Waals surface area (Å²) in [6.45, 7) is 0. The molecule has 0 spiro atoms. The quantitative estimate of drug-likeness (QED) is 0.350. The Morgan fingerprint density at radius 2 is 2.12 bits per heavy atom. The van der Waals surface area contributed by atoms with E-state index in [0.29, 0.717) is 0 Å². The van der Waals surface area contributed by atoms with Crippen molar-refractivity contribution in [1.82, 2.24) is 4.72 Å². The van der Waals surface area contributed by atoms with Gasteiger partial charge in [0.2, 0.25) is 5.91 Å². The van der Waals surface area contributed by atoms with Crippen molar-refractivity contribution in [3.05, 3.63) is 0 Å². The van der Waals surface area contributed by atoms with Gasteiger partial charge in [-0.25, -0.2) is 0 Å². The van der Waals surface area contributed by atoms with Gasteiger partial charge in [-0.15, -0.1) is 0 Å². The molecule has 0 bridgehead atoms. The van der Waals surface area contributed by atoms with Crippen LogP contribution in [0.3, 0.4) is 0 Å². The summed E-state index contributed by atoms with van der Waals surface area (Å²) in [6, 6.07) is 0. The first kappa shape index (κ1) is 7.29. The second kappa shape index (κ2) is 3.31. The molecule has 2 N–H and O–H groups in total. The molecule has 0 aromatic rings. The highest BCUT2D eigenvalue weighted by atomic mass is 32.1. The van der Waals surface area contributed by atoms with Crippen LogP contribution in [0.2, 0.25) is 0 Å². The summed E-state index contributed by atoms with van der Waals surface area (Å²) in [6.07, 6.45) is -0.524. The first-order valence-electron chi connectivity index (χ1n) is 1.81. The van der Waals surface area contributed by atoms with Gasteiger partial charge in [-0.05, 0) is 0 Å². The van der Waals surface area contributed by atoms with E-state index in [4.69, 9.17) is 5.11 Å². The number of aliphatic carboxylic acids is 1. The lowest BCUT2D eigenvalue weighted by atomic mass is 10.4. The minimum Gasteiger partial charge on any atom is -0.481 e. The summed E-state index contributed by atoms with van der Waals surface area (Å²) >= 11 is 3.33. The maximum atomic E-state index is 10.1. The number of hydrogen-bond donors (Lipinski definition) is 3. The van der Waals surface area contributed by atoms with Gasteiger partial charge in [0.15, 0.2) is 0 Å². The SMILES string of the molecule is O=C(O)CC(=O)NS. The molecule has 1 amide bonds. The van der Waals surface area contributed by atoms with Crippen LogP contribution in [0.15, 0.2) is 0 Å². The van der Waals surface area contributed by atoms with Crippen LogP contribution in [0.1, 0.15) is 6.42 Å².